The second-order valence-corrected chi connectivity index (χ2v) is 5.09. The molecule has 6 heteroatoms. The van der Waals surface area contributed by atoms with Crippen LogP contribution in [0.25, 0.3) is 6.08 Å². The van der Waals surface area contributed by atoms with Gasteiger partial charge in [0.05, 0.1) is 0 Å². The molecule has 3 rings (SSSR count). The highest BCUT2D eigenvalue weighted by molar-refractivity contribution is 6.35. The van der Waals surface area contributed by atoms with Crippen molar-refractivity contribution in [3.63, 3.8) is 0 Å². The number of rotatable bonds is 4. The summed E-state index contributed by atoms with van der Waals surface area (Å²) >= 11 is 0. The number of cyclic esters (lactones) is 1. The molecule has 0 atom stereocenters. The number of nitrogens with one attached hydrogen (secondary N) is 1. The van der Waals surface area contributed by atoms with Crippen molar-refractivity contribution in [2.24, 2.45) is 0 Å². The second kappa shape index (κ2) is 6.78. The highest BCUT2D eigenvalue weighted by atomic mass is 16.6. The van der Waals surface area contributed by atoms with E-state index in [1.165, 1.54) is 0 Å². The van der Waals surface area contributed by atoms with Crippen LogP contribution >= 0.6 is 0 Å². The lowest BCUT2D eigenvalue weighted by Crippen LogP contribution is -2.34. The first-order valence-electron chi connectivity index (χ1n) is 7.29. The molecule has 0 aromatic heterocycles. The molecule has 0 bridgehead atoms. The standard InChI is InChI=1S/C18H14N2O4/c21-15(19-14-9-5-2-6-10-14)12-20-16(24-18(23)17(20)22)11-13-7-3-1-4-8-13/h1-11H,12H2,(H,19,21)/b16-11-. The van der Waals surface area contributed by atoms with Gasteiger partial charge in [-0.15, -0.1) is 0 Å². The van der Waals surface area contributed by atoms with Crippen molar-refractivity contribution in [1.29, 1.82) is 0 Å². The van der Waals surface area contributed by atoms with Crippen LogP contribution in [0.4, 0.5) is 5.69 Å². The monoisotopic (exact) mass is 322 g/mol. The molecule has 2 amide bonds. The van der Waals surface area contributed by atoms with E-state index in [1.54, 1.807) is 42.5 Å². The average Bonchev–Trinajstić information content (AvgIpc) is 2.84. The van der Waals surface area contributed by atoms with Crippen molar-refractivity contribution in [2.75, 3.05) is 11.9 Å². The number of para-hydroxylation sites is 1. The van der Waals surface area contributed by atoms with E-state index < -0.39 is 17.8 Å². The lowest BCUT2D eigenvalue weighted by atomic mass is 10.2. The van der Waals surface area contributed by atoms with Crippen molar-refractivity contribution < 1.29 is 19.1 Å². The number of hydrogen-bond acceptors (Lipinski definition) is 4. The first-order chi connectivity index (χ1) is 11.6. The molecule has 1 N–H and O–H groups in total. The molecule has 0 saturated carbocycles. The van der Waals surface area contributed by atoms with Crippen LogP contribution in [-0.4, -0.2) is 29.2 Å². The number of carbonyl (C=O) groups is 3. The summed E-state index contributed by atoms with van der Waals surface area (Å²) in [5.41, 5.74) is 1.36. The second-order valence-electron chi connectivity index (χ2n) is 5.09. The lowest BCUT2D eigenvalue weighted by molar-refractivity contribution is -0.147. The SMILES string of the molecule is O=C(CN1C(=O)C(=O)O/C1=C\c1ccccc1)Nc1ccccc1. The third kappa shape index (κ3) is 3.49. The zero-order chi connectivity index (χ0) is 16.9. The summed E-state index contributed by atoms with van der Waals surface area (Å²) in [6.07, 6.45) is 1.54. The molecule has 1 aliphatic rings. The van der Waals surface area contributed by atoms with Gasteiger partial charge >= 0.3 is 11.9 Å². The maximum atomic E-state index is 12.1. The van der Waals surface area contributed by atoms with Crippen LogP contribution < -0.4 is 5.32 Å². The predicted molar refractivity (Wildman–Crippen MR) is 87.3 cm³/mol. The van der Waals surface area contributed by atoms with E-state index in [0.717, 1.165) is 10.5 Å². The van der Waals surface area contributed by atoms with Gasteiger partial charge in [0.15, 0.2) is 0 Å². The Kier molecular flexibility index (Phi) is 4.38. The van der Waals surface area contributed by atoms with Gasteiger partial charge in [0.2, 0.25) is 11.8 Å². The minimum absolute atomic E-state index is 0.0411. The van der Waals surface area contributed by atoms with Crippen LogP contribution in [0.3, 0.4) is 0 Å². The van der Waals surface area contributed by atoms with Crippen LogP contribution in [0.5, 0.6) is 0 Å². The van der Waals surface area contributed by atoms with Gasteiger partial charge in [-0.05, 0) is 17.7 Å². The van der Waals surface area contributed by atoms with E-state index in [1.807, 2.05) is 24.3 Å². The molecule has 1 fully saturated rings. The number of carbonyl (C=O) groups excluding carboxylic acids is 3. The molecule has 0 aliphatic carbocycles. The van der Waals surface area contributed by atoms with Crippen molar-refractivity contribution in [1.82, 2.24) is 4.90 Å². The van der Waals surface area contributed by atoms with Gasteiger partial charge in [0.25, 0.3) is 0 Å². The number of benzene rings is 2. The van der Waals surface area contributed by atoms with Crippen LogP contribution in [0.2, 0.25) is 0 Å². The Hall–Kier alpha value is -3.41. The minimum Gasteiger partial charge on any atom is -0.402 e. The summed E-state index contributed by atoms with van der Waals surface area (Å²) in [4.78, 5) is 36.6. The van der Waals surface area contributed by atoms with Gasteiger partial charge in [-0.2, -0.15) is 0 Å². The normalized spacial score (nSPS) is 15.5. The van der Waals surface area contributed by atoms with Crippen molar-refractivity contribution >= 4 is 29.5 Å². The first-order valence-corrected chi connectivity index (χ1v) is 7.29. The van der Waals surface area contributed by atoms with Gasteiger partial charge in [0.1, 0.15) is 6.54 Å². The molecule has 0 unspecified atom stereocenters. The number of esters is 1. The first kappa shape index (κ1) is 15.5. The van der Waals surface area contributed by atoms with E-state index in [0.29, 0.717) is 5.69 Å². The summed E-state index contributed by atoms with van der Waals surface area (Å²) in [6, 6.07) is 17.9. The third-order valence-corrected chi connectivity index (χ3v) is 3.33. The molecule has 2 aromatic rings. The van der Waals surface area contributed by atoms with Crippen LogP contribution in [-0.2, 0) is 19.1 Å². The zero-order valence-corrected chi connectivity index (χ0v) is 12.6. The van der Waals surface area contributed by atoms with Gasteiger partial charge in [-0.3, -0.25) is 14.5 Å². The molecule has 6 nitrogen and oxygen atoms in total. The van der Waals surface area contributed by atoms with Gasteiger partial charge in [-0.25, -0.2) is 4.79 Å². The molecular formula is C18H14N2O4. The number of hydrogen-bond donors (Lipinski definition) is 1. The van der Waals surface area contributed by atoms with Gasteiger partial charge < -0.3 is 10.1 Å². The molecule has 120 valence electrons. The summed E-state index contributed by atoms with van der Waals surface area (Å²) in [5.74, 6) is -2.24. The van der Waals surface area contributed by atoms with Crippen molar-refractivity contribution in [3.05, 3.63) is 72.1 Å². The fourth-order valence-electron chi connectivity index (χ4n) is 2.22. The van der Waals surface area contributed by atoms with Gasteiger partial charge in [-0.1, -0.05) is 48.5 Å². The number of ether oxygens (including phenoxy) is 1. The van der Waals surface area contributed by atoms with Crippen molar-refractivity contribution in [3.8, 4) is 0 Å². The van der Waals surface area contributed by atoms with E-state index >= 15 is 0 Å². The molecule has 1 heterocycles. The molecule has 0 spiro atoms. The summed E-state index contributed by atoms with van der Waals surface area (Å²) in [5, 5.41) is 2.66. The molecule has 24 heavy (non-hydrogen) atoms. The van der Waals surface area contributed by atoms with Gasteiger partial charge in [0, 0.05) is 11.8 Å². The Balaban J connectivity index is 1.76. The van der Waals surface area contributed by atoms with E-state index in [9.17, 15) is 14.4 Å². The highest BCUT2D eigenvalue weighted by Crippen LogP contribution is 2.20. The maximum Gasteiger partial charge on any atom is 0.404 e. The number of anilines is 1. The Bertz CT molecular complexity index is 800. The summed E-state index contributed by atoms with van der Waals surface area (Å²) in [6.45, 7) is -0.307. The molecule has 0 radical (unpaired) electrons. The molecule has 1 saturated heterocycles. The van der Waals surface area contributed by atoms with Crippen LogP contribution in [0, 0.1) is 0 Å². The number of amides is 2. The topological polar surface area (TPSA) is 75.7 Å². The fraction of sp³-hybridized carbons (Fsp3) is 0.0556. The van der Waals surface area contributed by atoms with E-state index in [4.69, 9.17) is 4.74 Å². The van der Waals surface area contributed by atoms with E-state index in [2.05, 4.69) is 5.32 Å². The van der Waals surface area contributed by atoms with Crippen LogP contribution in [0.1, 0.15) is 5.56 Å². The molecule has 2 aromatic carbocycles. The van der Waals surface area contributed by atoms with Crippen LogP contribution in [0.15, 0.2) is 66.5 Å². The van der Waals surface area contributed by atoms with Crippen molar-refractivity contribution in [2.45, 2.75) is 0 Å². The highest BCUT2D eigenvalue weighted by Gasteiger charge is 2.37. The third-order valence-electron chi connectivity index (χ3n) is 3.33. The molecule has 1 aliphatic heterocycles. The number of nitrogens with zero attached hydrogens (tertiary/aromatic N) is 1. The average molecular weight is 322 g/mol. The Labute approximate surface area is 138 Å². The predicted octanol–water partition coefficient (Wildman–Crippen LogP) is 2.01. The Morgan fingerprint density at radius 2 is 1.62 bits per heavy atom. The quantitative estimate of drug-likeness (QED) is 0.690. The fourth-order valence-corrected chi connectivity index (χ4v) is 2.22. The zero-order valence-electron chi connectivity index (χ0n) is 12.6. The molecular weight excluding hydrogens is 308 g/mol. The summed E-state index contributed by atoms with van der Waals surface area (Å²) in [7, 11) is 0. The minimum atomic E-state index is -0.996. The smallest absolute Gasteiger partial charge is 0.402 e. The Morgan fingerprint density at radius 3 is 2.29 bits per heavy atom. The van der Waals surface area contributed by atoms with E-state index in [-0.39, 0.29) is 12.4 Å². The summed E-state index contributed by atoms with van der Waals surface area (Å²) < 4.78 is 4.96. The largest absolute Gasteiger partial charge is 0.404 e. The Morgan fingerprint density at radius 1 is 1.00 bits per heavy atom. The maximum absolute atomic E-state index is 12.1. The lowest BCUT2D eigenvalue weighted by Gasteiger charge is -2.14.